The van der Waals surface area contributed by atoms with Gasteiger partial charge in [-0.2, -0.15) is 0 Å². The van der Waals surface area contributed by atoms with Crippen LogP contribution in [-0.2, 0) is 0 Å². The maximum Gasteiger partial charge on any atom is 0.345 e. The van der Waals surface area contributed by atoms with Gasteiger partial charge in [0.15, 0.2) is 10.0 Å². The van der Waals surface area contributed by atoms with Gasteiger partial charge in [-0.15, -0.1) is 22.7 Å². The van der Waals surface area contributed by atoms with Crippen LogP contribution in [0.1, 0.15) is 0 Å². The minimum absolute atomic E-state index is 0.133. The molecular formula is C24H10N4O8S2. The summed E-state index contributed by atoms with van der Waals surface area (Å²) in [6.07, 6.45) is 0. The second kappa shape index (κ2) is 8.79. The van der Waals surface area contributed by atoms with Gasteiger partial charge in [0, 0.05) is 45.8 Å². The summed E-state index contributed by atoms with van der Waals surface area (Å²) in [6, 6.07) is 10.8. The highest BCUT2D eigenvalue weighted by molar-refractivity contribution is 7.20. The molecule has 0 unspecified atom stereocenters. The summed E-state index contributed by atoms with van der Waals surface area (Å²) in [4.78, 5) is 55.2. The number of nitro benzene ring substituents is 2. The van der Waals surface area contributed by atoms with E-state index < -0.39 is 21.1 Å². The quantitative estimate of drug-likeness (QED) is 0.150. The van der Waals surface area contributed by atoms with Crippen LogP contribution >= 0.6 is 22.7 Å². The Balaban J connectivity index is 1.37. The first-order valence-corrected chi connectivity index (χ1v) is 12.4. The van der Waals surface area contributed by atoms with E-state index in [1.165, 1.54) is 71.2 Å². The van der Waals surface area contributed by atoms with Crippen molar-refractivity contribution in [1.82, 2.24) is 9.97 Å². The summed E-state index contributed by atoms with van der Waals surface area (Å²) < 4.78 is 10.6. The van der Waals surface area contributed by atoms with Crippen molar-refractivity contribution in [3.05, 3.63) is 100 Å². The Bertz CT molecular complexity index is 1910. The van der Waals surface area contributed by atoms with Gasteiger partial charge in [0.1, 0.15) is 11.2 Å². The van der Waals surface area contributed by atoms with E-state index in [0.717, 1.165) is 0 Å². The maximum absolute atomic E-state index is 12.6. The Kier molecular flexibility index (Phi) is 5.40. The van der Waals surface area contributed by atoms with Crippen molar-refractivity contribution in [3.63, 3.8) is 0 Å². The fourth-order valence-electron chi connectivity index (χ4n) is 3.80. The number of aromatic nitrogens is 2. The van der Waals surface area contributed by atoms with Gasteiger partial charge in [0.2, 0.25) is 0 Å². The van der Waals surface area contributed by atoms with Gasteiger partial charge in [-0.05, 0) is 24.3 Å². The molecule has 0 saturated carbocycles. The number of fused-ring (bicyclic) bond motifs is 2. The monoisotopic (exact) mass is 546 g/mol. The van der Waals surface area contributed by atoms with E-state index in [1.54, 1.807) is 10.8 Å². The summed E-state index contributed by atoms with van der Waals surface area (Å²) in [7, 11) is 0. The molecule has 0 aliphatic rings. The van der Waals surface area contributed by atoms with Gasteiger partial charge < -0.3 is 8.83 Å². The largest absolute Gasteiger partial charge is 0.422 e. The lowest BCUT2D eigenvalue weighted by atomic mass is 10.1. The van der Waals surface area contributed by atoms with Gasteiger partial charge in [0.05, 0.1) is 32.4 Å². The highest BCUT2D eigenvalue weighted by atomic mass is 32.1. The molecule has 0 N–H and O–H groups in total. The van der Waals surface area contributed by atoms with Crippen LogP contribution < -0.4 is 11.3 Å². The number of rotatable bonds is 5. The third-order valence-corrected chi connectivity index (χ3v) is 7.42. The molecular weight excluding hydrogens is 536 g/mol. The summed E-state index contributed by atoms with van der Waals surface area (Å²) in [5, 5.41) is 27.2. The number of thiazole rings is 2. The van der Waals surface area contributed by atoms with Crippen LogP contribution in [0.4, 0.5) is 11.4 Å². The molecule has 0 saturated heterocycles. The zero-order valence-electron chi connectivity index (χ0n) is 18.6. The highest BCUT2D eigenvalue weighted by Gasteiger charge is 2.18. The normalized spacial score (nSPS) is 11.3. The predicted molar refractivity (Wildman–Crippen MR) is 139 cm³/mol. The first-order chi connectivity index (χ1) is 18.3. The number of non-ortho nitro benzene ring substituents is 2. The minimum atomic E-state index is -0.647. The smallest absolute Gasteiger partial charge is 0.345 e. The van der Waals surface area contributed by atoms with Crippen molar-refractivity contribution in [3.8, 4) is 32.5 Å². The molecule has 186 valence electrons. The van der Waals surface area contributed by atoms with Gasteiger partial charge in [-0.25, -0.2) is 19.6 Å². The summed E-state index contributed by atoms with van der Waals surface area (Å²) in [6.45, 7) is 0. The van der Waals surface area contributed by atoms with Crippen LogP contribution in [-0.4, -0.2) is 19.8 Å². The number of nitro groups is 2. The SMILES string of the molecule is O=c1oc2ccc([N+](=O)[O-])cc2cc1-c1csc(-c2nc(-c3cc4cc([N+](=O)[O-])ccc4oc3=O)cs2)n1. The van der Waals surface area contributed by atoms with Crippen LogP contribution in [0.2, 0.25) is 0 Å². The van der Waals surface area contributed by atoms with Gasteiger partial charge >= 0.3 is 11.3 Å². The predicted octanol–water partition coefficient (Wildman–Crippen LogP) is 5.63. The van der Waals surface area contributed by atoms with Crippen molar-refractivity contribution < 1.29 is 18.7 Å². The first-order valence-electron chi connectivity index (χ1n) is 10.6. The fraction of sp³-hybridized carbons (Fsp3) is 0. The third kappa shape index (κ3) is 4.03. The molecule has 14 heteroatoms. The van der Waals surface area contributed by atoms with Crippen molar-refractivity contribution in [2.45, 2.75) is 0 Å². The topological polar surface area (TPSA) is 172 Å². The fourth-order valence-corrected chi connectivity index (χ4v) is 5.49. The molecule has 0 aliphatic carbocycles. The molecule has 0 aliphatic heterocycles. The molecule has 6 aromatic rings. The standard InChI is InChI=1S/C24H10N4O8S2/c29-23-15(7-11-5-13(27(31)32)1-3-19(11)35-23)17-9-37-21(25-17)22-26-18(10-38-22)16-8-12-6-14(28(33)34)2-4-20(12)36-24(16)30/h1-10H. The molecule has 0 bridgehead atoms. The van der Waals surface area contributed by atoms with E-state index >= 15 is 0 Å². The first kappa shape index (κ1) is 23.3. The van der Waals surface area contributed by atoms with E-state index in [9.17, 15) is 29.8 Å². The average Bonchev–Trinajstić information content (AvgIpc) is 3.57. The Morgan fingerprint density at radius 3 is 1.47 bits per heavy atom. The molecule has 6 rings (SSSR count). The Hall–Kier alpha value is -5.08. The number of nitrogens with zero attached hydrogens (tertiary/aromatic N) is 4. The van der Waals surface area contributed by atoms with Crippen LogP contribution in [0.15, 0.2) is 77.7 Å². The Labute approximate surface area is 217 Å². The van der Waals surface area contributed by atoms with E-state index in [4.69, 9.17) is 8.83 Å². The molecule has 0 atom stereocenters. The maximum atomic E-state index is 12.6. The number of benzene rings is 2. The second-order valence-corrected chi connectivity index (χ2v) is 9.65. The van der Waals surface area contributed by atoms with Crippen molar-refractivity contribution >= 4 is 56.0 Å². The van der Waals surface area contributed by atoms with Gasteiger partial charge in [0.25, 0.3) is 11.4 Å². The lowest BCUT2D eigenvalue weighted by Crippen LogP contribution is -2.03. The Morgan fingerprint density at radius 1 is 0.658 bits per heavy atom. The van der Waals surface area contributed by atoms with Crippen molar-refractivity contribution in [1.29, 1.82) is 0 Å². The molecule has 38 heavy (non-hydrogen) atoms. The average molecular weight is 546 g/mol. The molecule has 0 amide bonds. The number of hydrogen-bond donors (Lipinski definition) is 0. The van der Waals surface area contributed by atoms with E-state index in [-0.39, 0.29) is 33.7 Å². The van der Waals surface area contributed by atoms with E-state index in [1.807, 2.05) is 0 Å². The zero-order chi connectivity index (χ0) is 26.6. The molecule has 0 fully saturated rings. The second-order valence-electron chi connectivity index (χ2n) is 7.93. The molecule has 4 aromatic heterocycles. The third-order valence-electron chi connectivity index (χ3n) is 5.60. The van der Waals surface area contributed by atoms with Gasteiger partial charge in [-0.3, -0.25) is 20.2 Å². The molecule has 0 radical (unpaired) electrons. The van der Waals surface area contributed by atoms with Crippen molar-refractivity contribution in [2.75, 3.05) is 0 Å². The number of hydrogen-bond acceptors (Lipinski definition) is 12. The van der Waals surface area contributed by atoms with Crippen LogP contribution in [0.5, 0.6) is 0 Å². The molecule has 4 heterocycles. The van der Waals surface area contributed by atoms with Crippen molar-refractivity contribution in [2.24, 2.45) is 0 Å². The lowest BCUT2D eigenvalue weighted by molar-refractivity contribution is -0.384. The van der Waals surface area contributed by atoms with Crippen LogP contribution in [0.3, 0.4) is 0 Å². The van der Waals surface area contributed by atoms with E-state index in [0.29, 0.717) is 32.2 Å². The lowest BCUT2D eigenvalue weighted by Gasteiger charge is -2.00. The minimum Gasteiger partial charge on any atom is -0.422 e. The summed E-state index contributed by atoms with van der Waals surface area (Å²) in [5.74, 6) is 0. The summed E-state index contributed by atoms with van der Waals surface area (Å²) in [5.41, 5.74) is -0.269. The molecule has 2 aromatic carbocycles. The highest BCUT2D eigenvalue weighted by Crippen LogP contribution is 2.34. The van der Waals surface area contributed by atoms with E-state index in [2.05, 4.69) is 9.97 Å². The Morgan fingerprint density at radius 2 is 1.08 bits per heavy atom. The van der Waals surface area contributed by atoms with Gasteiger partial charge in [-0.1, -0.05) is 0 Å². The zero-order valence-corrected chi connectivity index (χ0v) is 20.3. The molecule has 12 nitrogen and oxygen atoms in total. The van der Waals surface area contributed by atoms with Crippen LogP contribution in [0.25, 0.3) is 54.5 Å². The van der Waals surface area contributed by atoms with Crippen LogP contribution in [0, 0.1) is 20.2 Å². The summed E-state index contributed by atoms with van der Waals surface area (Å²) >= 11 is 2.42. The molecule has 0 spiro atoms.